The first-order valence-electron chi connectivity index (χ1n) is 8.21. The van der Waals surface area contributed by atoms with E-state index in [1.165, 1.54) is 45.2 Å². The topological polar surface area (TPSA) is 38.5 Å². The highest BCUT2D eigenvalue weighted by Gasteiger charge is 2.20. The van der Waals surface area contributed by atoms with E-state index in [2.05, 4.69) is 25.7 Å². The Morgan fingerprint density at radius 3 is 2.74 bits per heavy atom. The van der Waals surface area contributed by atoms with Gasteiger partial charge in [-0.2, -0.15) is 0 Å². The third-order valence-electron chi connectivity index (χ3n) is 4.39. The van der Waals surface area contributed by atoms with Gasteiger partial charge >= 0.3 is 0 Å². The van der Waals surface area contributed by atoms with E-state index in [1.54, 1.807) is 0 Å². The summed E-state index contributed by atoms with van der Waals surface area (Å²) in [5.41, 5.74) is 5.71. The van der Waals surface area contributed by atoms with E-state index in [9.17, 15) is 0 Å². The van der Waals surface area contributed by atoms with Crippen molar-refractivity contribution < 1.29 is 4.74 Å². The van der Waals surface area contributed by atoms with E-state index in [-0.39, 0.29) is 0 Å². The van der Waals surface area contributed by atoms with E-state index in [4.69, 9.17) is 10.5 Å². The maximum Gasteiger partial charge on any atom is 0.0702 e. The zero-order valence-electron chi connectivity index (χ0n) is 13.2. The fourth-order valence-electron chi connectivity index (χ4n) is 3.19. The third kappa shape index (κ3) is 6.73. The van der Waals surface area contributed by atoms with Gasteiger partial charge in [-0.1, -0.05) is 13.8 Å². The summed E-state index contributed by atoms with van der Waals surface area (Å²) in [6.07, 6.45) is 6.82. The third-order valence-corrected chi connectivity index (χ3v) is 4.39. The van der Waals surface area contributed by atoms with Gasteiger partial charge in [0, 0.05) is 13.2 Å². The largest absolute Gasteiger partial charge is 0.377 e. The minimum absolute atomic E-state index is 0.476. The summed E-state index contributed by atoms with van der Waals surface area (Å²) in [6.45, 7) is 12.1. The lowest BCUT2D eigenvalue weighted by molar-refractivity contribution is 0.00519. The highest BCUT2D eigenvalue weighted by Crippen LogP contribution is 2.21. The van der Waals surface area contributed by atoms with Gasteiger partial charge in [0.1, 0.15) is 0 Å². The molecule has 2 unspecified atom stereocenters. The maximum absolute atomic E-state index is 5.76. The predicted octanol–water partition coefficient (Wildman–Crippen LogP) is 2.89. The molecule has 114 valence electrons. The molecule has 2 N–H and O–H groups in total. The molecule has 0 bridgehead atoms. The average Bonchev–Trinajstić information content (AvgIpc) is 2.38. The number of nitrogens with zero attached hydrogens (tertiary/aromatic N) is 1. The Morgan fingerprint density at radius 2 is 2.11 bits per heavy atom. The predicted molar refractivity (Wildman–Crippen MR) is 82.3 cm³/mol. The SMILES string of the molecule is CCOC1CCCN(CCCC(CCN)C(C)C)C1. The first-order chi connectivity index (χ1) is 9.17. The molecule has 3 heteroatoms. The second kappa shape index (κ2) is 9.73. The fraction of sp³-hybridized carbons (Fsp3) is 1.00. The Kier molecular flexibility index (Phi) is 8.67. The van der Waals surface area contributed by atoms with Crippen molar-refractivity contribution in [3.05, 3.63) is 0 Å². The molecule has 2 atom stereocenters. The monoisotopic (exact) mass is 270 g/mol. The zero-order valence-corrected chi connectivity index (χ0v) is 13.2. The van der Waals surface area contributed by atoms with Gasteiger partial charge < -0.3 is 15.4 Å². The molecule has 1 heterocycles. The van der Waals surface area contributed by atoms with Gasteiger partial charge in [-0.3, -0.25) is 0 Å². The van der Waals surface area contributed by atoms with Gasteiger partial charge in [-0.25, -0.2) is 0 Å². The number of hydrogen-bond acceptors (Lipinski definition) is 3. The van der Waals surface area contributed by atoms with Crippen LogP contribution in [-0.2, 0) is 4.74 Å². The van der Waals surface area contributed by atoms with E-state index >= 15 is 0 Å². The normalized spacial score (nSPS) is 22.9. The molecule has 0 aromatic heterocycles. The summed E-state index contributed by atoms with van der Waals surface area (Å²) in [5.74, 6) is 1.57. The van der Waals surface area contributed by atoms with Crippen molar-refractivity contribution in [1.29, 1.82) is 0 Å². The molecule has 1 saturated heterocycles. The molecule has 19 heavy (non-hydrogen) atoms. The summed E-state index contributed by atoms with van der Waals surface area (Å²) in [4.78, 5) is 2.59. The van der Waals surface area contributed by atoms with Crippen molar-refractivity contribution in [2.24, 2.45) is 17.6 Å². The average molecular weight is 270 g/mol. The van der Waals surface area contributed by atoms with E-state index in [1.807, 2.05) is 0 Å². The van der Waals surface area contributed by atoms with Crippen LogP contribution in [0.25, 0.3) is 0 Å². The molecule has 0 aliphatic carbocycles. The molecule has 1 rings (SSSR count). The van der Waals surface area contributed by atoms with Crippen LogP contribution in [0, 0.1) is 11.8 Å². The van der Waals surface area contributed by atoms with Crippen LogP contribution in [0.1, 0.15) is 52.9 Å². The van der Waals surface area contributed by atoms with Crippen LogP contribution >= 0.6 is 0 Å². The molecule has 0 radical (unpaired) electrons. The highest BCUT2D eigenvalue weighted by molar-refractivity contribution is 4.74. The van der Waals surface area contributed by atoms with Crippen LogP contribution in [0.5, 0.6) is 0 Å². The fourth-order valence-corrected chi connectivity index (χ4v) is 3.19. The number of piperidine rings is 1. The number of hydrogen-bond donors (Lipinski definition) is 1. The van der Waals surface area contributed by atoms with Crippen LogP contribution < -0.4 is 5.73 Å². The second-order valence-corrected chi connectivity index (χ2v) is 6.24. The standard InChI is InChI=1S/C16H34N2O/c1-4-19-16-8-6-12-18(13-16)11-5-7-15(9-10-17)14(2)3/h14-16H,4-13,17H2,1-3H3. The van der Waals surface area contributed by atoms with E-state index in [0.717, 1.165) is 31.5 Å². The van der Waals surface area contributed by atoms with Gasteiger partial charge in [0.05, 0.1) is 6.10 Å². The zero-order chi connectivity index (χ0) is 14.1. The summed E-state index contributed by atoms with van der Waals surface area (Å²) in [7, 11) is 0. The number of ether oxygens (including phenoxy) is 1. The van der Waals surface area contributed by atoms with Crippen molar-refractivity contribution in [3.8, 4) is 0 Å². The van der Waals surface area contributed by atoms with Crippen LogP contribution in [-0.4, -0.2) is 43.8 Å². The quantitative estimate of drug-likeness (QED) is 0.700. The van der Waals surface area contributed by atoms with Crippen molar-refractivity contribution in [2.45, 2.75) is 59.0 Å². The number of rotatable bonds is 9. The molecule has 0 amide bonds. The van der Waals surface area contributed by atoms with Crippen molar-refractivity contribution >= 4 is 0 Å². The Morgan fingerprint density at radius 1 is 1.32 bits per heavy atom. The van der Waals surface area contributed by atoms with Crippen molar-refractivity contribution in [3.63, 3.8) is 0 Å². The van der Waals surface area contributed by atoms with Crippen LogP contribution in [0.2, 0.25) is 0 Å². The van der Waals surface area contributed by atoms with Crippen molar-refractivity contribution in [1.82, 2.24) is 4.90 Å². The minimum Gasteiger partial charge on any atom is -0.377 e. The van der Waals surface area contributed by atoms with Crippen LogP contribution in [0.3, 0.4) is 0 Å². The van der Waals surface area contributed by atoms with Gasteiger partial charge in [0.15, 0.2) is 0 Å². The molecule has 0 spiro atoms. The molecule has 1 fully saturated rings. The van der Waals surface area contributed by atoms with Crippen LogP contribution in [0.4, 0.5) is 0 Å². The molecule has 0 saturated carbocycles. The lowest BCUT2D eigenvalue weighted by Gasteiger charge is -2.33. The maximum atomic E-state index is 5.76. The molecule has 0 aromatic rings. The Balaban J connectivity index is 2.20. The first kappa shape index (κ1) is 16.9. The summed E-state index contributed by atoms with van der Waals surface area (Å²) >= 11 is 0. The highest BCUT2D eigenvalue weighted by atomic mass is 16.5. The minimum atomic E-state index is 0.476. The molecule has 3 nitrogen and oxygen atoms in total. The molecule has 1 aliphatic heterocycles. The Labute approximate surface area is 119 Å². The summed E-state index contributed by atoms with van der Waals surface area (Å²) < 4.78 is 5.76. The second-order valence-electron chi connectivity index (χ2n) is 6.24. The van der Waals surface area contributed by atoms with Gasteiger partial charge in [-0.05, 0) is 70.5 Å². The molecule has 0 aromatic carbocycles. The smallest absolute Gasteiger partial charge is 0.0702 e. The first-order valence-corrected chi connectivity index (χ1v) is 8.21. The van der Waals surface area contributed by atoms with Gasteiger partial charge in [0.2, 0.25) is 0 Å². The van der Waals surface area contributed by atoms with Crippen molar-refractivity contribution in [2.75, 3.05) is 32.8 Å². The molecular weight excluding hydrogens is 236 g/mol. The van der Waals surface area contributed by atoms with Crippen LogP contribution in [0.15, 0.2) is 0 Å². The van der Waals surface area contributed by atoms with E-state index < -0.39 is 0 Å². The Hall–Kier alpha value is -0.120. The molecular formula is C16H34N2O. The lowest BCUT2D eigenvalue weighted by Crippen LogP contribution is -2.40. The summed E-state index contributed by atoms with van der Waals surface area (Å²) in [5, 5.41) is 0. The lowest BCUT2D eigenvalue weighted by atomic mass is 9.88. The van der Waals surface area contributed by atoms with Gasteiger partial charge in [0.25, 0.3) is 0 Å². The number of nitrogens with two attached hydrogens (primary N) is 1. The Bertz CT molecular complexity index is 219. The van der Waals surface area contributed by atoms with Gasteiger partial charge in [-0.15, -0.1) is 0 Å². The van der Waals surface area contributed by atoms with E-state index in [0.29, 0.717) is 6.10 Å². The summed E-state index contributed by atoms with van der Waals surface area (Å²) in [6, 6.07) is 0. The molecule has 1 aliphatic rings. The number of likely N-dealkylation sites (tertiary alicyclic amines) is 1.